The lowest BCUT2D eigenvalue weighted by molar-refractivity contribution is -0.126. The number of rotatable bonds is 9. The van der Waals surface area contributed by atoms with Crippen LogP contribution in [0, 0.1) is 5.92 Å². The van der Waals surface area contributed by atoms with Crippen LogP contribution >= 0.6 is 34.7 Å². The van der Waals surface area contributed by atoms with Crippen molar-refractivity contribution in [2.24, 2.45) is 5.92 Å². The molecule has 2 amide bonds. The van der Waals surface area contributed by atoms with Crippen molar-refractivity contribution in [1.82, 2.24) is 15.5 Å². The van der Waals surface area contributed by atoms with Crippen molar-refractivity contribution in [2.75, 3.05) is 11.1 Å². The van der Waals surface area contributed by atoms with Gasteiger partial charge in [-0.15, -0.1) is 22.0 Å². The number of thioether (sulfide) groups is 1. The summed E-state index contributed by atoms with van der Waals surface area (Å²) in [6.07, 6.45) is 0.744. The molecule has 0 fully saturated rings. The summed E-state index contributed by atoms with van der Waals surface area (Å²) in [6.45, 7) is 3.92. The van der Waals surface area contributed by atoms with Gasteiger partial charge in [0.15, 0.2) is 0 Å². The zero-order valence-corrected chi connectivity index (χ0v) is 19.6. The van der Waals surface area contributed by atoms with Crippen molar-refractivity contribution < 1.29 is 9.59 Å². The molecule has 2 N–H and O–H groups in total. The third kappa shape index (κ3) is 6.78. The van der Waals surface area contributed by atoms with Gasteiger partial charge in [-0.1, -0.05) is 73.5 Å². The summed E-state index contributed by atoms with van der Waals surface area (Å²) >= 11 is 8.73. The number of hydrogen-bond acceptors (Lipinski definition) is 6. The Labute approximate surface area is 194 Å². The number of halogens is 1. The SMILES string of the molecule is CCC(C)C(NC(=O)CSc1ccccc1)C(=O)Nc1nnc(-c2cccc(Cl)c2)s1. The number of carbonyl (C=O) groups is 2. The molecule has 0 aliphatic carbocycles. The second-order valence-corrected chi connectivity index (χ2v) is 9.41. The Bertz CT molecular complexity index is 1030. The molecule has 162 valence electrons. The smallest absolute Gasteiger partial charge is 0.249 e. The van der Waals surface area contributed by atoms with E-state index in [4.69, 9.17) is 11.6 Å². The molecule has 9 heteroatoms. The monoisotopic (exact) mass is 474 g/mol. The van der Waals surface area contributed by atoms with Crippen molar-refractivity contribution in [2.45, 2.75) is 31.2 Å². The summed E-state index contributed by atoms with van der Waals surface area (Å²) in [6, 6.07) is 16.3. The van der Waals surface area contributed by atoms with Crippen LogP contribution in [-0.4, -0.2) is 33.8 Å². The first kappa shape index (κ1) is 23.2. The van der Waals surface area contributed by atoms with Crippen LogP contribution in [0.4, 0.5) is 5.13 Å². The Morgan fingerprint density at radius 3 is 2.61 bits per heavy atom. The van der Waals surface area contributed by atoms with Gasteiger partial charge in [0.25, 0.3) is 0 Å². The molecule has 3 rings (SSSR count). The molecule has 31 heavy (non-hydrogen) atoms. The minimum Gasteiger partial charge on any atom is -0.343 e. The van der Waals surface area contributed by atoms with Crippen LogP contribution in [0.3, 0.4) is 0 Å². The summed E-state index contributed by atoms with van der Waals surface area (Å²) in [5, 5.41) is 15.5. The Hall–Kier alpha value is -2.42. The zero-order chi connectivity index (χ0) is 22.2. The largest absolute Gasteiger partial charge is 0.343 e. The van der Waals surface area contributed by atoms with Crippen LogP contribution < -0.4 is 10.6 Å². The van der Waals surface area contributed by atoms with Gasteiger partial charge in [-0.2, -0.15) is 0 Å². The molecule has 0 saturated carbocycles. The third-order valence-electron chi connectivity index (χ3n) is 4.65. The summed E-state index contributed by atoms with van der Waals surface area (Å²) in [5.74, 6) is -0.291. The molecule has 0 radical (unpaired) electrons. The number of carbonyl (C=O) groups excluding carboxylic acids is 2. The van der Waals surface area contributed by atoms with Gasteiger partial charge < -0.3 is 5.32 Å². The Kier molecular flexibility index (Phi) is 8.45. The fourth-order valence-electron chi connectivity index (χ4n) is 2.78. The van der Waals surface area contributed by atoms with E-state index < -0.39 is 6.04 Å². The van der Waals surface area contributed by atoms with E-state index >= 15 is 0 Å². The molecule has 2 unspecified atom stereocenters. The van der Waals surface area contributed by atoms with Crippen LogP contribution in [0.25, 0.3) is 10.6 Å². The average molecular weight is 475 g/mol. The highest BCUT2D eigenvalue weighted by molar-refractivity contribution is 8.00. The second-order valence-electron chi connectivity index (χ2n) is 6.94. The van der Waals surface area contributed by atoms with Crippen LogP contribution in [0.5, 0.6) is 0 Å². The van der Waals surface area contributed by atoms with Crippen LogP contribution in [0.1, 0.15) is 20.3 Å². The summed E-state index contributed by atoms with van der Waals surface area (Å²) in [7, 11) is 0. The summed E-state index contributed by atoms with van der Waals surface area (Å²) in [4.78, 5) is 26.4. The fraction of sp³-hybridized carbons (Fsp3) is 0.273. The molecule has 0 aliphatic rings. The number of nitrogens with one attached hydrogen (secondary N) is 2. The highest BCUT2D eigenvalue weighted by atomic mass is 35.5. The van der Waals surface area contributed by atoms with Crippen molar-refractivity contribution >= 4 is 51.6 Å². The van der Waals surface area contributed by atoms with E-state index in [1.165, 1.54) is 23.1 Å². The van der Waals surface area contributed by atoms with Crippen LogP contribution in [0.2, 0.25) is 5.02 Å². The van der Waals surface area contributed by atoms with Crippen LogP contribution in [-0.2, 0) is 9.59 Å². The lowest BCUT2D eigenvalue weighted by Crippen LogP contribution is -2.48. The van der Waals surface area contributed by atoms with E-state index in [9.17, 15) is 9.59 Å². The van der Waals surface area contributed by atoms with Gasteiger partial charge in [0, 0.05) is 15.5 Å². The number of amides is 2. The predicted octanol–water partition coefficient (Wildman–Crippen LogP) is 5.12. The molecule has 1 aromatic heterocycles. The molecular weight excluding hydrogens is 452 g/mol. The Morgan fingerprint density at radius 1 is 1.13 bits per heavy atom. The first-order valence-electron chi connectivity index (χ1n) is 9.83. The van der Waals surface area contributed by atoms with E-state index in [1.807, 2.05) is 56.3 Å². The lowest BCUT2D eigenvalue weighted by atomic mass is 9.98. The van der Waals surface area contributed by atoms with E-state index in [2.05, 4.69) is 20.8 Å². The van der Waals surface area contributed by atoms with Gasteiger partial charge in [0.1, 0.15) is 11.0 Å². The Balaban J connectivity index is 1.62. The van der Waals surface area contributed by atoms with E-state index in [0.29, 0.717) is 15.2 Å². The summed E-state index contributed by atoms with van der Waals surface area (Å²) < 4.78 is 0. The van der Waals surface area contributed by atoms with Crippen molar-refractivity contribution in [3.63, 3.8) is 0 Å². The molecule has 1 heterocycles. The molecule has 0 aliphatic heterocycles. The molecular formula is C22H23ClN4O2S2. The lowest BCUT2D eigenvalue weighted by Gasteiger charge is -2.22. The number of benzene rings is 2. The maximum atomic E-state index is 12.9. The normalized spacial score (nSPS) is 12.7. The molecule has 0 spiro atoms. The third-order valence-corrected chi connectivity index (χ3v) is 6.79. The topological polar surface area (TPSA) is 84.0 Å². The Morgan fingerprint density at radius 2 is 1.90 bits per heavy atom. The van der Waals surface area contributed by atoms with Gasteiger partial charge in [0.2, 0.25) is 16.9 Å². The highest BCUT2D eigenvalue weighted by Gasteiger charge is 2.27. The molecule has 3 aromatic rings. The van der Waals surface area contributed by atoms with Crippen molar-refractivity contribution in [3.05, 3.63) is 59.6 Å². The zero-order valence-electron chi connectivity index (χ0n) is 17.2. The maximum absolute atomic E-state index is 12.9. The number of aromatic nitrogens is 2. The quantitative estimate of drug-likeness (QED) is 0.420. The summed E-state index contributed by atoms with van der Waals surface area (Å²) in [5.41, 5.74) is 0.829. The van der Waals surface area contributed by atoms with E-state index in [-0.39, 0.29) is 23.5 Å². The van der Waals surface area contributed by atoms with Gasteiger partial charge >= 0.3 is 0 Å². The minimum absolute atomic E-state index is 0.0361. The number of anilines is 1. The van der Waals surface area contributed by atoms with E-state index in [1.54, 1.807) is 12.1 Å². The molecule has 0 bridgehead atoms. The number of nitrogens with zero attached hydrogens (tertiary/aromatic N) is 2. The minimum atomic E-state index is -0.660. The fourth-order valence-corrected chi connectivity index (χ4v) is 4.44. The van der Waals surface area contributed by atoms with Gasteiger partial charge in [-0.3, -0.25) is 14.9 Å². The van der Waals surface area contributed by atoms with Gasteiger partial charge in [-0.05, 0) is 30.2 Å². The maximum Gasteiger partial charge on any atom is 0.249 e. The molecule has 2 atom stereocenters. The van der Waals surface area contributed by atoms with Crippen molar-refractivity contribution in [1.29, 1.82) is 0 Å². The molecule has 0 saturated heterocycles. The first-order valence-corrected chi connectivity index (χ1v) is 12.0. The van der Waals surface area contributed by atoms with Gasteiger partial charge in [0.05, 0.1) is 5.75 Å². The second kappa shape index (κ2) is 11.3. The van der Waals surface area contributed by atoms with Gasteiger partial charge in [-0.25, -0.2) is 0 Å². The number of hydrogen-bond donors (Lipinski definition) is 2. The molecule has 2 aromatic carbocycles. The van der Waals surface area contributed by atoms with Crippen LogP contribution in [0.15, 0.2) is 59.5 Å². The highest BCUT2D eigenvalue weighted by Crippen LogP contribution is 2.28. The van der Waals surface area contributed by atoms with E-state index in [0.717, 1.165) is 16.9 Å². The predicted molar refractivity (Wildman–Crippen MR) is 128 cm³/mol. The average Bonchev–Trinajstić information content (AvgIpc) is 3.24. The standard InChI is InChI=1S/C22H23ClN4O2S2/c1-3-14(2)19(24-18(28)13-30-17-10-5-4-6-11-17)20(29)25-22-27-26-21(31-22)15-8-7-9-16(23)12-15/h4-12,14,19H,3,13H2,1-2H3,(H,24,28)(H,25,27,29). The first-order chi connectivity index (χ1) is 15.0. The van der Waals surface area contributed by atoms with Crippen molar-refractivity contribution in [3.8, 4) is 10.6 Å². The molecule has 6 nitrogen and oxygen atoms in total.